The van der Waals surface area contributed by atoms with Crippen LogP contribution in [0.15, 0.2) is 48.5 Å². The second kappa shape index (κ2) is 7.68. The van der Waals surface area contributed by atoms with Crippen LogP contribution in [0.4, 0.5) is 15.8 Å². The van der Waals surface area contributed by atoms with Crippen LogP contribution in [0.2, 0.25) is 0 Å². The highest BCUT2D eigenvalue weighted by molar-refractivity contribution is 6.08. The lowest BCUT2D eigenvalue weighted by Gasteiger charge is -2.13. The molecule has 0 aliphatic rings. The Morgan fingerprint density at radius 1 is 0.929 bits per heavy atom. The largest absolute Gasteiger partial charge is 0.325 e. The van der Waals surface area contributed by atoms with Crippen molar-refractivity contribution in [2.75, 3.05) is 10.6 Å². The van der Waals surface area contributed by atoms with E-state index in [1.807, 2.05) is 19.9 Å². The van der Waals surface area contributed by atoms with Crippen molar-refractivity contribution in [3.8, 4) is 5.69 Å². The van der Waals surface area contributed by atoms with Gasteiger partial charge in [-0.3, -0.25) is 9.59 Å². The summed E-state index contributed by atoms with van der Waals surface area (Å²) in [6.07, 6.45) is 0. The summed E-state index contributed by atoms with van der Waals surface area (Å²) in [5.74, 6) is -0.909. The van der Waals surface area contributed by atoms with Crippen LogP contribution in [0.25, 0.3) is 5.69 Å². The van der Waals surface area contributed by atoms with E-state index in [4.69, 9.17) is 0 Å². The number of nitrogens with zero attached hydrogens (tertiary/aromatic N) is 1. The Kier molecular flexibility index (Phi) is 5.31. The van der Waals surface area contributed by atoms with Gasteiger partial charge in [0.1, 0.15) is 5.82 Å². The fourth-order valence-electron chi connectivity index (χ4n) is 3.25. The number of benzene rings is 2. The summed E-state index contributed by atoms with van der Waals surface area (Å²) in [6.45, 7) is 6.91. The predicted octanol–water partition coefficient (Wildman–Crippen LogP) is 4.75. The summed E-state index contributed by atoms with van der Waals surface area (Å²) in [6, 6.07) is 13.6. The lowest BCUT2D eigenvalue weighted by molar-refractivity contribution is -0.114. The molecule has 2 N–H and O–H groups in total. The Morgan fingerprint density at radius 2 is 1.64 bits per heavy atom. The van der Waals surface area contributed by atoms with Gasteiger partial charge in [0.15, 0.2) is 0 Å². The van der Waals surface area contributed by atoms with Crippen molar-refractivity contribution in [3.63, 3.8) is 0 Å². The molecule has 2 amide bonds. The van der Waals surface area contributed by atoms with Gasteiger partial charge in [-0.2, -0.15) is 0 Å². The third kappa shape index (κ3) is 3.81. The quantitative estimate of drug-likeness (QED) is 0.687. The molecule has 1 heterocycles. The van der Waals surface area contributed by atoms with Crippen LogP contribution in [0, 0.1) is 26.6 Å². The fraction of sp³-hybridized carbons (Fsp3) is 0.182. The highest BCUT2D eigenvalue weighted by atomic mass is 19.1. The minimum atomic E-state index is -0.358. The first-order chi connectivity index (χ1) is 13.3. The number of halogens is 1. The van der Waals surface area contributed by atoms with Gasteiger partial charge >= 0.3 is 0 Å². The van der Waals surface area contributed by atoms with Crippen LogP contribution in [-0.2, 0) is 4.79 Å². The van der Waals surface area contributed by atoms with E-state index in [9.17, 15) is 14.0 Å². The third-order valence-corrected chi connectivity index (χ3v) is 4.50. The number of para-hydroxylation sites is 1. The van der Waals surface area contributed by atoms with E-state index in [1.54, 1.807) is 47.9 Å². The highest BCUT2D eigenvalue weighted by Crippen LogP contribution is 2.27. The van der Waals surface area contributed by atoms with Gasteiger partial charge < -0.3 is 15.2 Å². The van der Waals surface area contributed by atoms with Crippen LogP contribution >= 0.6 is 0 Å². The van der Waals surface area contributed by atoms with Crippen LogP contribution in [0.5, 0.6) is 0 Å². The molecule has 0 saturated carbocycles. The first-order valence-corrected chi connectivity index (χ1v) is 8.91. The zero-order valence-electron chi connectivity index (χ0n) is 16.3. The Labute approximate surface area is 163 Å². The van der Waals surface area contributed by atoms with Crippen molar-refractivity contribution in [2.45, 2.75) is 27.7 Å². The van der Waals surface area contributed by atoms with Gasteiger partial charge in [0.25, 0.3) is 5.91 Å². The lowest BCUT2D eigenvalue weighted by atomic mass is 10.1. The molecule has 0 atom stereocenters. The number of carbonyl (C=O) groups excluding carboxylic acids is 2. The van der Waals surface area contributed by atoms with E-state index in [0.29, 0.717) is 28.3 Å². The van der Waals surface area contributed by atoms with Crippen LogP contribution < -0.4 is 10.6 Å². The van der Waals surface area contributed by atoms with Crippen molar-refractivity contribution in [1.29, 1.82) is 0 Å². The normalized spacial score (nSPS) is 10.6. The van der Waals surface area contributed by atoms with E-state index < -0.39 is 0 Å². The summed E-state index contributed by atoms with van der Waals surface area (Å²) >= 11 is 0. The van der Waals surface area contributed by atoms with E-state index >= 15 is 0 Å². The molecule has 0 aliphatic heterocycles. The van der Waals surface area contributed by atoms with E-state index in [0.717, 1.165) is 11.3 Å². The molecular weight excluding hydrogens is 357 g/mol. The van der Waals surface area contributed by atoms with Crippen LogP contribution in [0.1, 0.15) is 34.2 Å². The number of rotatable bonds is 4. The van der Waals surface area contributed by atoms with E-state index in [-0.39, 0.29) is 17.6 Å². The molecule has 28 heavy (non-hydrogen) atoms. The maximum atomic E-state index is 14.2. The minimum absolute atomic E-state index is 0.225. The number of nitrogens with one attached hydrogen (secondary N) is 2. The number of carbonyl (C=O) groups is 2. The predicted molar refractivity (Wildman–Crippen MR) is 109 cm³/mol. The number of aryl methyl sites for hydroxylation is 2. The third-order valence-electron chi connectivity index (χ3n) is 4.50. The van der Waals surface area contributed by atoms with Crippen LogP contribution in [0.3, 0.4) is 0 Å². The maximum Gasteiger partial charge on any atom is 0.257 e. The molecule has 0 unspecified atom stereocenters. The van der Waals surface area contributed by atoms with Gasteiger partial charge in [-0.25, -0.2) is 4.39 Å². The molecule has 6 heteroatoms. The Bertz CT molecular complexity index is 1070. The van der Waals surface area contributed by atoms with Gasteiger partial charge in [-0.15, -0.1) is 0 Å². The molecular formula is C22H22FN3O2. The number of anilines is 2. The molecule has 0 saturated heterocycles. The van der Waals surface area contributed by atoms with Gasteiger partial charge in [-0.05, 0) is 56.7 Å². The molecule has 3 aromatic rings. The molecule has 0 radical (unpaired) electrons. The summed E-state index contributed by atoms with van der Waals surface area (Å²) < 4.78 is 16.0. The molecule has 0 fully saturated rings. The topological polar surface area (TPSA) is 63.1 Å². The smallest absolute Gasteiger partial charge is 0.257 e. The summed E-state index contributed by atoms with van der Waals surface area (Å²) in [7, 11) is 0. The lowest BCUT2D eigenvalue weighted by Crippen LogP contribution is -2.16. The van der Waals surface area contributed by atoms with Gasteiger partial charge in [0, 0.05) is 18.3 Å². The summed E-state index contributed by atoms with van der Waals surface area (Å²) in [5.41, 5.74) is 4.20. The van der Waals surface area contributed by atoms with Crippen molar-refractivity contribution in [1.82, 2.24) is 4.57 Å². The Hall–Kier alpha value is -3.41. The molecule has 0 spiro atoms. The molecule has 1 aromatic heterocycles. The SMILES string of the molecule is CC(=O)Nc1ccc(C)cc1NC(=O)c1cc(C)n(-c2ccccc2F)c1C. The molecule has 0 bridgehead atoms. The second-order valence-corrected chi connectivity index (χ2v) is 6.76. The molecule has 0 aliphatic carbocycles. The average Bonchev–Trinajstić information content (AvgIpc) is 2.92. The van der Waals surface area contributed by atoms with Gasteiger partial charge in [0.2, 0.25) is 5.91 Å². The first kappa shape index (κ1) is 19.4. The summed E-state index contributed by atoms with van der Waals surface area (Å²) in [5, 5.41) is 5.57. The van der Waals surface area contributed by atoms with Crippen molar-refractivity contribution >= 4 is 23.2 Å². The van der Waals surface area contributed by atoms with E-state index in [1.165, 1.54) is 13.0 Å². The zero-order chi connectivity index (χ0) is 20.4. The van der Waals surface area contributed by atoms with Crippen LogP contribution in [-0.4, -0.2) is 16.4 Å². The van der Waals surface area contributed by atoms with Crippen molar-refractivity contribution < 1.29 is 14.0 Å². The standard InChI is InChI=1S/C22H22FN3O2/c1-13-9-10-19(24-16(4)27)20(11-13)25-22(28)17-12-14(2)26(15(17)3)21-8-6-5-7-18(21)23/h5-12H,1-4H3,(H,24,27)(H,25,28). The highest BCUT2D eigenvalue weighted by Gasteiger charge is 2.19. The second-order valence-electron chi connectivity index (χ2n) is 6.76. The fourth-order valence-corrected chi connectivity index (χ4v) is 3.25. The average molecular weight is 379 g/mol. The number of amides is 2. The Morgan fingerprint density at radius 3 is 2.32 bits per heavy atom. The molecule has 144 valence electrons. The Balaban J connectivity index is 1.97. The number of aromatic nitrogens is 1. The van der Waals surface area contributed by atoms with Gasteiger partial charge in [0.05, 0.1) is 22.6 Å². The number of hydrogen-bond acceptors (Lipinski definition) is 2. The molecule has 2 aromatic carbocycles. The molecule has 3 rings (SSSR count). The van der Waals surface area contributed by atoms with Crippen molar-refractivity contribution in [3.05, 3.63) is 76.9 Å². The first-order valence-electron chi connectivity index (χ1n) is 8.91. The van der Waals surface area contributed by atoms with Gasteiger partial charge in [-0.1, -0.05) is 18.2 Å². The van der Waals surface area contributed by atoms with Crippen molar-refractivity contribution in [2.24, 2.45) is 0 Å². The van der Waals surface area contributed by atoms with E-state index in [2.05, 4.69) is 10.6 Å². The minimum Gasteiger partial charge on any atom is -0.325 e. The monoisotopic (exact) mass is 379 g/mol. The zero-order valence-corrected chi connectivity index (χ0v) is 16.3. The molecule has 5 nitrogen and oxygen atoms in total. The number of hydrogen-bond donors (Lipinski definition) is 2. The maximum absolute atomic E-state index is 14.2. The summed E-state index contributed by atoms with van der Waals surface area (Å²) in [4.78, 5) is 24.4.